The summed E-state index contributed by atoms with van der Waals surface area (Å²) in [6, 6.07) is 7.54. The molecule has 3 aliphatic rings. The highest BCUT2D eigenvalue weighted by Gasteiger charge is 2.43. The number of rotatable bonds is 3. The standard InChI is InChI=1S/C23H24ClN3O2S/c1-15(17-4-6-19(24)7-5-17)20-21(28)26-22(30-20)27-12-9-23(10-13-27)16(2)18(14-29-23)8-11-25-3/h4-8,11H,3,9-10,12-14H2,1-2H3/b11-8-,20-15-. The molecule has 1 amide bonds. The van der Waals surface area contributed by atoms with Crippen LogP contribution in [0, 0.1) is 0 Å². The number of nitrogens with zero attached hydrogens (tertiary/aromatic N) is 3. The summed E-state index contributed by atoms with van der Waals surface area (Å²) < 4.78 is 6.21. The van der Waals surface area contributed by atoms with Gasteiger partial charge in [0.1, 0.15) is 0 Å². The van der Waals surface area contributed by atoms with E-state index in [9.17, 15) is 4.79 Å². The summed E-state index contributed by atoms with van der Waals surface area (Å²) >= 11 is 7.45. The van der Waals surface area contributed by atoms with Crippen LogP contribution in [0.1, 0.15) is 32.3 Å². The predicted octanol–water partition coefficient (Wildman–Crippen LogP) is 5.10. The van der Waals surface area contributed by atoms with Crippen molar-refractivity contribution >= 4 is 46.7 Å². The third-order valence-electron chi connectivity index (χ3n) is 6.09. The smallest absolute Gasteiger partial charge is 0.286 e. The van der Waals surface area contributed by atoms with Crippen LogP contribution in [-0.4, -0.2) is 48.0 Å². The Morgan fingerprint density at radius 1 is 1.33 bits per heavy atom. The van der Waals surface area contributed by atoms with Crippen LogP contribution in [0.15, 0.2) is 62.6 Å². The number of carbonyl (C=O) groups is 1. The minimum atomic E-state index is -0.219. The third kappa shape index (κ3) is 3.92. The van der Waals surface area contributed by atoms with Gasteiger partial charge in [-0.2, -0.15) is 4.99 Å². The van der Waals surface area contributed by atoms with Crippen LogP contribution in [0.5, 0.6) is 0 Å². The van der Waals surface area contributed by atoms with Gasteiger partial charge >= 0.3 is 0 Å². The van der Waals surface area contributed by atoms with Gasteiger partial charge in [-0.15, -0.1) is 0 Å². The number of allylic oxidation sites excluding steroid dienone is 1. The lowest BCUT2D eigenvalue weighted by Crippen LogP contribution is -2.46. The van der Waals surface area contributed by atoms with Crippen molar-refractivity contribution in [3.8, 4) is 0 Å². The molecule has 0 N–H and O–H groups in total. The Hall–Kier alpha value is -2.15. The van der Waals surface area contributed by atoms with E-state index in [2.05, 4.69) is 28.5 Å². The van der Waals surface area contributed by atoms with E-state index in [0.717, 1.165) is 42.2 Å². The largest absolute Gasteiger partial charge is 0.366 e. The zero-order valence-corrected chi connectivity index (χ0v) is 18.7. The first kappa shape index (κ1) is 21.1. The molecule has 7 heteroatoms. The molecule has 3 aliphatic heterocycles. The summed E-state index contributed by atoms with van der Waals surface area (Å²) in [4.78, 5) is 23.6. The monoisotopic (exact) mass is 441 g/mol. The van der Waals surface area contributed by atoms with Crippen molar-refractivity contribution in [2.45, 2.75) is 32.3 Å². The Labute approximate surface area is 186 Å². The fourth-order valence-corrected chi connectivity index (χ4v) is 5.27. The minimum absolute atomic E-state index is 0.166. The van der Waals surface area contributed by atoms with Crippen molar-refractivity contribution < 1.29 is 9.53 Å². The molecule has 30 heavy (non-hydrogen) atoms. The molecule has 0 aliphatic carbocycles. The minimum Gasteiger partial charge on any atom is -0.366 e. The first-order chi connectivity index (χ1) is 14.4. The molecule has 3 heterocycles. The molecule has 0 atom stereocenters. The highest BCUT2D eigenvalue weighted by Crippen LogP contribution is 2.42. The summed E-state index contributed by atoms with van der Waals surface area (Å²) in [6.07, 6.45) is 5.44. The molecule has 0 radical (unpaired) electrons. The maximum atomic E-state index is 12.6. The van der Waals surface area contributed by atoms with Gasteiger partial charge in [-0.05, 0) is 85.7 Å². The third-order valence-corrected chi connectivity index (χ3v) is 7.56. The summed E-state index contributed by atoms with van der Waals surface area (Å²) in [5.74, 6) is -0.166. The molecule has 5 nitrogen and oxygen atoms in total. The van der Waals surface area contributed by atoms with Gasteiger partial charge in [0.15, 0.2) is 5.17 Å². The number of hydrogen-bond acceptors (Lipinski definition) is 5. The van der Waals surface area contributed by atoms with Crippen LogP contribution in [0.25, 0.3) is 5.57 Å². The number of thioether (sulfide) groups is 1. The molecule has 1 spiro atoms. The van der Waals surface area contributed by atoms with Crippen molar-refractivity contribution in [1.82, 2.24) is 4.90 Å². The van der Waals surface area contributed by atoms with Crippen molar-refractivity contribution in [1.29, 1.82) is 0 Å². The van der Waals surface area contributed by atoms with Crippen molar-refractivity contribution in [2.24, 2.45) is 9.98 Å². The zero-order chi connectivity index (χ0) is 21.3. The number of piperidine rings is 1. The Kier molecular flexibility index (Phi) is 6.00. The lowest BCUT2D eigenvalue weighted by atomic mass is 9.84. The van der Waals surface area contributed by atoms with Crippen molar-refractivity contribution in [3.63, 3.8) is 0 Å². The van der Waals surface area contributed by atoms with Gasteiger partial charge in [0.25, 0.3) is 5.91 Å². The van der Waals surface area contributed by atoms with Crippen molar-refractivity contribution in [2.75, 3.05) is 19.7 Å². The second-order valence-corrected chi connectivity index (χ2v) is 9.10. The molecule has 4 rings (SSSR count). The molecule has 0 unspecified atom stereocenters. The average Bonchev–Trinajstić information content (AvgIpc) is 3.28. The molecular weight excluding hydrogens is 418 g/mol. The van der Waals surface area contributed by atoms with Crippen LogP contribution >= 0.6 is 23.4 Å². The molecule has 1 aromatic rings. The van der Waals surface area contributed by atoms with Crippen molar-refractivity contribution in [3.05, 3.63) is 63.2 Å². The van der Waals surface area contributed by atoms with E-state index in [1.807, 2.05) is 37.3 Å². The quantitative estimate of drug-likeness (QED) is 0.484. The first-order valence-electron chi connectivity index (χ1n) is 9.93. The van der Waals surface area contributed by atoms with Crippen LogP contribution in [-0.2, 0) is 9.53 Å². The summed E-state index contributed by atoms with van der Waals surface area (Å²) in [5.41, 5.74) is 4.15. The topological polar surface area (TPSA) is 54.3 Å². The number of benzene rings is 1. The number of aliphatic imine (C=N–C) groups is 2. The SMILES string of the molecule is C=N/C=C\C1=C(C)C2(CCN(C3=NC(=O)/C(=C(\C)c4ccc(Cl)cc4)S3)CC2)OC1. The highest BCUT2D eigenvalue weighted by molar-refractivity contribution is 8.18. The summed E-state index contributed by atoms with van der Waals surface area (Å²) in [7, 11) is 0. The van der Waals surface area contributed by atoms with Gasteiger partial charge in [-0.25, -0.2) is 0 Å². The van der Waals surface area contributed by atoms with E-state index < -0.39 is 0 Å². The van der Waals surface area contributed by atoms with Crippen LogP contribution in [0.3, 0.4) is 0 Å². The van der Waals surface area contributed by atoms with Gasteiger partial charge in [0.2, 0.25) is 0 Å². The van der Waals surface area contributed by atoms with E-state index in [4.69, 9.17) is 16.3 Å². The van der Waals surface area contributed by atoms with Gasteiger partial charge in [0, 0.05) is 24.3 Å². The highest BCUT2D eigenvalue weighted by atomic mass is 35.5. The molecule has 0 saturated carbocycles. The van der Waals surface area contributed by atoms with E-state index in [-0.39, 0.29) is 11.5 Å². The zero-order valence-electron chi connectivity index (χ0n) is 17.2. The number of hydrogen-bond donors (Lipinski definition) is 0. The second-order valence-electron chi connectivity index (χ2n) is 7.68. The molecule has 1 saturated heterocycles. The molecular formula is C23H24ClN3O2S. The summed E-state index contributed by atoms with van der Waals surface area (Å²) in [5, 5.41) is 1.47. The fourth-order valence-electron chi connectivity index (χ4n) is 4.12. The lowest BCUT2D eigenvalue weighted by molar-refractivity contribution is -0.113. The Bertz CT molecular complexity index is 1000. The first-order valence-corrected chi connectivity index (χ1v) is 11.1. The molecule has 156 valence electrons. The van der Waals surface area contributed by atoms with E-state index in [1.54, 1.807) is 6.20 Å². The molecule has 0 aromatic heterocycles. The molecule has 1 aromatic carbocycles. The normalized spacial score (nSPS) is 23.0. The van der Waals surface area contributed by atoms with Gasteiger partial charge < -0.3 is 9.64 Å². The molecule has 0 bridgehead atoms. The number of halogens is 1. The van der Waals surface area contributed by atoms with Gasteiger partial charge in [0.05, 0.1) is 17.1 Å². The van der Waals surface area contributed by atoms with E-state index >= 15 is 0 Å². The number of ether oxygens (including phenoxy) is 1. The number of likely N-dealkylation sites (tertiary alicyclic amines) is 1. The second kappa shape index (κ2) is 8.53. The van der Waals surface area contributed by atoms with Crippen LogP contribution in [0.4, 0.5) is 0 Å². The maximum absolute atomic E-state index is 12.6. The predicted molar refractivity (Wildman–Crippen MR) is 125 cm³/mol. The maximum Gasteiger partial charge on any atom is 0.286 e. The number of amidine groups is 1. The van der Waals surface area contributed by atoms with Gasteiger partial charge in [-0.1, -0.05) is 23.7 Å². The summed E-state index contributed by atoms with van der Waals surface area (Å²) in [6.45, 7) is 9.82. The van der Waals surface area contributed by atoms with E-state index in [0.29, 0.717) is 16.5 Å². The van der Waals surface area contributed by atoms with Crippen LogP contribution in [0.2, 0.25) is 5.02 Å². The van der Waals surface area contributed by atoms with Crippen LogP contribution < -0.4 is 0 Å². The van der Waals surface area contributed by atoms with E-state index in [1.165, 1.54) is 22.9 Å². The Balaban J connectivity index is 1.46. The molecule has 1 fully saturated rings. The Morgan fingerprint density at radius 2 is 2.03 bits per heavy atom. The van der Waals surface area contributed by atoms with Gasteiger partial charge in [-0.3, -0.25) is 9.79 Å². The average molecular weight is 442 g/mol. The Morgan fingerprint density at radius 3 is 2.70 bits per heavy atom. The fraction of sp³-hybridized carbons (Fsp3) is 0.348. The number of carbonyl (C=O) groups excluding carboxylic acids is 1. The number of amides is 1. The lowest BCUT2D eigenvalue weighted by Gasteiger charge is -2.40.